The second kappa shape index (κ2) is 4.42. The van der Waals surface area contributed by atoms with Crippen molar-refractivity contribution >= 4 is 31.5 Å². The molecular weight excluding hydrogens is 244 g/mol. The third-order valence-corrected chi connectivity index (χ3v) is 4.00. The first-order valence-corrected chi connectivity index (χ1v) is 6.70. The first kappa shape index (κ1) is 11.2. The Hall–Kier alpha value is -1.87. The number of hydrogen-bond donors (Lipinski definition) is 0. The lowest BCUT2D eigenvalue weighted by atomic mass is 10.1. The van der Waals surface area contributed by atoms with Crippen molar-refractivity contribution in [1.82, 2.24) is 0 Å². The Bertz CT molecular complexity index is 774. The first-order chi connectivity index (χ1) is 8.81. The molecule has 0 radical (unpaired) electrons. The predicted molar refractivity (Wildman–Crippen MR) is 76.8 cm³/mol. The maximum absolute atomic E-state index is 12.5. The van der Waals surface area contributed by atoms with E-state index in [0.717, 1.165) is 14.8 Å². The molecule has 0 spiro atoms. The predicted octanol–water partition coefficient (Wildman–Crippen LogP) is 3.81. The molecule has 0 aliphatic carbocycles. The summed E-state index contributed by atoms with van der Waals surface area (Å²) in [6.07, 6.45) is 0. The van der Waals surface area contributed by atoms with Crippen LogP contribution in [0.3, 0.4) is 0 Å². The Morgan fingerprint density at radius 2 is 1.83 bits per heavy atom. The van der Waals surface area contributed by atoms with Gasteiger partial charge in [-0.05, 0) is 31.2 Å². The van der Waals surface area contributed by atoms with Crippen LogP contribution in [0.1, 0.15) is 6.92 Å². The van der Waals surface area contributed by atoms with E-state index < -0.39 is 0 Å². The van der Waals surface area contributed by atoms with E-state index in [1.807, 2.05) is 49.4 Å². The van der Waals surface area contributed by atoms with Gasteiger partial charge in [-0.25, -0.2) is 0 Å². The standard InChI is InChI=1S/C15H12O2S/c1-2-17-11-7-5-9-13-14(11)15(16)10-6-3-4-8-12(10)18-13/h3-9H,2H2,1H3. The SMILES string of the molecule is CCOc1cccc2sc3ccccc3c(=O)c12. The molecule has 0 bridgehead atoms. The van der Waals surface area contributed by atoms with Crippen LogP contribution >= 0.6 is 11.3 Å². The summed E-state index contributed by atoms with van der Waals surface area (Å²) in [5, 5.41) is 1.46. The second-order valence-corrected chi connectivity index (χ2v) is 5.07. The minimum absolute atomic E-state index is 0.0587. The molecule has 0 aliphatic heterocycles. The van der Waals surface area contributed by atoms with Gasteiger partial charge in [0.25, 0.3) is 0 Å². The molecule has 0 atom stereocenters. The average molecular weight is 256 g/mol. The number of fused-ring (bicyclic) bond motifs is 2. The monoisotopic (exact) mass is 256 g/mol. The zero-order valence-electron chi connectivity index (χ0n) is 9.97. The van der Waals surface area contributed by atoms with Gasteiger partial charge in [-0.15, -0.1) is 11.3 Å². The number of ether oxygens (including phenoxy) is 1. The molecule has 2 aromatic carbocycles. The largest absolute Gasteiger partial charge is 0.493 e. The van der Waals surface area contributed by atoms with Gasteiger partial charge in [0.05, 0.1) is 12.0 Å². The lowest BCUT2D eigenvalue weighted by Gasteiger charge is -2.07. The molecule has 0 N–H and O–H groups in total. The number of hydrogen-bond acceptors (Lipinski definition) is 3. The van der Waals surface area contributed by atoms with Crippen molar-refractivity contribution in [3.05, 3.63) is 52.7 Å². The van der Waals surface area contributed by atoms with Gasteiger partial charge in [-0.3, -0.25) is 4.79 Å². The Balaban J connectivity index is 2.49. The zero-order chi connectivity index (χ0) is 12.5. The highest BCUT2D eigenvalue weighted by atomic mass is 32.1. The van der Waals surface area contributed by atoms with Crippen molar-refractivity contribution in [2.75, 3.05) is 6.61 Å². The summed E-state index contributed by atoms with van der Waals surface area (Å²) in [6, 6.07) is 13.5. The van der Waals surface area contributed by atoms with E-state index >= 15 is 0 Å². The van der Waals surface area contributed by atoms with Crippen LogP contribution < -0.4 is 10.2 Å². The van der Waals surface area contributed by atoms with Crippen molar-refractivity contribution in [3.63, 3.8) is 0 Å². The van der Waals surface area contributed by atoms with Crippen LogP contribution in [0.5, 0.6) is 5.75 Å². The summed E-state index contributed by atoms with van der Waals surface area (Å²) in [4.78, 5) is 12.5. The number of benzene rings is 2. The minimum Gasteiger partial charge on any atom is -0.493 e. The molecule has 18 heavy (non-hydrogen) atoms. The summed E-state index contributed by atoms with van der Waals surface area (Å²) >= 11 is 1.63. The average Bonchev–Trinajstić information content (AvgIpc) is 2.39. The van der Waals surface area contributed by atoms with Crippen molar-refractivity contribution in [2.24, 2.45) is 0 Å². The van der Waals surface area contributed by atoms with E-state index in [1.54, 1.807) is 11.3 Å². The topological polar surface area (TPSA) is 26.3 Å². The molecule has 0 saturated heterocycles. The van der Waals surface area contributed by atoms with Crippen LogP contribution in [0.25, 0.3) is 20.2 Å². The summed E-state index contributed by atoms with van der Waals surface area (Å²) in [5.74, 6) is 0.682. The van der Waals surface area contributed by atoms with Crippen molar-refractivity contribution < 1.29 is 4.74 Å². The van der Waals surface area contributed by atoms with Crippen LogP contribution in [-0.4, -0.2) is 6.61 Å². The quantitative estimate of drug-likeness (QED) is 0.652. The van der Waals surface area contributed by atoms with Crippen LogP contribution in [-0.2, 0) is 0 Å². The minimum atomic E-state index is 0.0587. The Labute approximate surface area is 108 Å². The fraction of sp³-hybridized carbons (Fsp3) is 0.133. The zero-order valence-corrected chi connectivity index (χ0v) is 10.8. The van der Waals surface area contributed by atoms with Crippen molar-refractivity contribution in [3.8, 4) is 5.75 Å². The summed E-state index contributed by atoms with van der Waals surface area (Å²) in [7, 11) is 0. The second-order valence-electron chi connectivity index (χ2n) is 3.99. The molecule has 3 heteroatoms. The van der Waals surface area contributed by atoms with Gasteiger partial charge in [0.2, 0.25) is 0 Å². The normalized spacial score (nSPS) is 10.9. The molecular formula is C15H12O2S. The highest BCUT2D eigenvalue weighted by Gasteiger charge is 2.09. The molecule has 1 heterocycles. The number of rotatable bonds is 2. The fourth-order valence-electron chi connectivity index (χ4n) is 2.09. The van der Waals surface area contributed by atoms with Crippen molar-refractivity contribution in [2.45, 2.75) is 6.92 Å². The van der Waals surface area contributed by atoms with Gasteiger partial charge in [-0.1, -0.05) is 18.2 Å². The van der Waals surface area contributed by atoms with Crippen LogP contribution in [0.4, 0.5) is 0 Å². The Morgan fingerprint density at radius 1 is 1.06 bits per heavy atom. The van der Waals surface area contributed by atoms with E-state index in [2.05, 4.69) is 0 Å². The van der Waals surface area contributed by atoms with Crippen molar-refractivity contribution in [1.29, 1.82) is 0 Å². The molecule has 3 rings (SSSR count). The Kier molecular flexibility index (Phi) is 2.76. The molecule has 0 aliphatic rings. The van der Waals surface area contributed by atoms with Gasteiger partial charge in [-0.2, -0.15) is 0 Å². The highest BCUT2D eigenvalue weighted by Crippen LogP contribution is 2.29. The fourth-order valence-corrected chi connectivity index (χ4v) is 3.19. The molecule has 90 valence electrons. The lowest BCUT2D eigenvalue weighted by Crippen LogP contribution is -2.04. The van der Waals surface area contributed by atoms with E-state index in [0.29, 0.717) is 17.7 Å². The van der Waals surface area contributed by atoms with Gasteiger partial charge in [0.15, 0.2) is 5.43 Å². The molecule has 3 aromatic rings. The maximum Gasteiger partial charge on any atom is 0.199 e. The molecule has 2 nitrogen and oxygen atoms in total. The van der Waals surface area contributed by atoms with E-state index in [9.17, 15) is 4.79 Å². The molecule has 0 amide bonds. The molecule has 0 unspecified atom stereocenters. The lowest BCUT2D eigenvalue weighted by molar-refractivity contribution is 0.344. The first-order valence-electron chi connectivity index (χ1n) is 5.88. The Morgan fingerprint density at radius 3 is 2.67 bits per heavy atom. The van der Waals surface area contributed by atoms with E-state index in [1.165, 1.54) is 0 Å². The molecule has 1 aromatic heterocycles. The van der Waals surface area contributed by atoms with Gasteiger partial charge in [0, 0.05) is 14.8 Å². The summed E-state index contributed by atoms with van der Waals surface area (Å²) < 4.78 is 7.55. The third-order valence-electron chi connectivity index (χ3n) is 2.87. The van der Waals surface area contributed by atoms with E-state index in [4.69, 9.17) is 4.74 Å². The molecule has 0 saturated carbocycles. The third kappa shape index (κ3) is 1.68. The maximum atomic E-state index is 12.5. The van der Waals surface area contributed by atoms with Gasteiger partial charge in [0.1, 0.15) is 5.75 Å². The molecule has 0 fully saturated rings. The highest BCUT2D eigenvalue weighted by molar-refractivity contribution is 7.24. The van der Waals surface area contributed by atoms with Crippen LogP contribution in [0.2, 0.25) is 0 Å². The van der Waals surface area contributed by atoms with Gasteiger partial charge < -0.3 is 4.74 Å². The van der Waals surface area contributed by atoms with E-state index in [-0.39, 0.29) is 5.43 Å². The summed E-state index contributed by atoms with van der Waals surface area (Å²) in [5.41, 5.74) is 0.0587. The van der Waals surface area contributed by atoms with Gasteiger partial charge >= 0.3 is 0 Å². The van der Waals surface area contributed by atoms with Crippen LogP contribution in [0.15, 0.2) is 47.3 Å². The smallest absolute Gasteiger partial charge is 0.199 e. The van der Waals surface area contributed by atoms with Crippen LogP contribution in [0, 0.1) is 0 Å². The summed E-state index contributed by atoms with van der Waals surface area (Å²) in [6.45, 7) is 2.49.